The summed E-state index contributed by atoms with van der Waals surface area (Å²) >= 11 is 0. The van der Waals surface area contributed by atoms with Crippen molar-refractivity contribution in [2.24, 2.45) is 0 Å². The molecule has 0 aromatic rings. The van der Waals surface area contributed by atoms with E-state index in [0.717, 1.165) is 0 Å². The van der Waals surface area contributed by atoms with Gasteiger partial charge in [-0.15, -0.1) is 0 Å². The van der Waals surface area contributed by atoms with E-state index in [0.29, 0.717) is 52.6 Å². The number of carbonyl (C=O) groups is 5. The summed E-state index contributed by atoms with van der Waals surface area (Å²) in [5, 5.41) is 27.9. The maximum Gasteiger partial charge on any atom is 0.317 e. The van der Waals surface area contributed by atoms with Gasteiger partial charge in [-0.3, -0.25) is 38.7 Å². The molecule has 2 aliphatic heterocycles. The summed E-state index contributed by atoms with van der Waals surface area (Å²) in [7, 11) is 0. The predicted octanol–water partition coefficient (Wildman–Crippen LogP) is -3.14. The van der Waals surface area contributed by atoms with Crippen LogP contribution in [0.5, 0.6) is 0 Å². The Balaban J connectivity index is 0.00000722. The van der Waals surface area contributed by atoms with Crippen LogP contribution >= 0.6 is 0 Å². The van der Waals surface area contributed by atoms with E-state index in [9.17, 15) is 39.3 Å². The smallest absolute Gasteiger partial charge is 0.317 e. The number of rotatable bonds is 16. The van der Waals surface area contributed by atoms with Crippen LogP contribution in [0.2, 0.25) is 0 Å². The molecule has 0 atom stereocenters. The summed E-state index contributed by atoms with van der Waals surface area (Å²) in [6.07, 6.45) is 0. The van der Waals surface area contributed by atoms with Crippen molar-refractivity contribution in [1.29, 1.82) is 0 Å². The van der Waals surface area contributed by atoms with Gasteiger partial charge in [0.05, 0.1) is 59.2 Å². The number of nitrogens with zero attached hydrogens (tertiary/aromatic N) is 5. The Morgan fingerprint density at radius 3 is 1.13 bits per heavy atom. The van der Waals surface area contributed by atoms with Crippen molar-refractivity contribution < 1.29 is 88.7 Å². The summed E-state index contributed by atoms with van der Waals surface area (Å²) < 4.78 is 10.5. The number of amides is 2. The molecule has 218 valence electrons. The maximum atomic E-state index is 12.6. The van der Waals surface area contributed by atoms with Crippen molar-refractivity contribution in [2.75, 3.05) is 112 Å². The minimum Gasteiger partial charge on any atom is -0.480 e. The van der Waals surface area contributed by atoms with Crippen molar-refractivity contribution >= 4 is 29.7 Å². The van der Waals surface area contributed by atoms with Gasteiger partial charge in [0.25, 0.3) is 0 Å². The molecule has 2 saturated heterocycles. The van der Waals surface area contributed by atoms with Gasteiger partial charge in [-0.25, -0.2) is 0 Å². The molecule has 2 rings (SSSR count). The molecular formula is C22H37GdN5O10. The van der Waals surface area contributed by atoms with Crippen LogP contribution < -0.4 is 0 Å². The molecular weight excluding hydrogens is 652 g/mol. The summed E-state index contributed by atoms with van der Waals surface area (Å²) in [6.45, 7) is 2.43. The van der Waals surface area contributed by atoms with Crippen molar-refractivity contribution in [3.63, 3.8) is 0 Å². The number of aliphatic carboxylic acids is 3. The van der Waals surface area contributed by atoms with E-state index in [-0.39, 0.29) is 97.6 Å². The monoisotopic (exact) mass is 689 g/mol. The zero-order valence-corrected chi connectivity index (χ0v) is 23.6. The summed E-state index contributed by atoms with van der Waals surface area (Å²) in [5.41, 5.74) is 0. The van der Waals surface area contributed by atoms with Crippen molar-refractivity contribution in [3.05, 3.63) is 0 Å². The zero-order chi connectivity index (χ0) is 27.2. The number of carboxylic acid groups (broad SMARTS) is 3. The first kappa shape index (κ1) is 34.5. The second-order valence-corrected chi connectivity index (χ2v) is 8.86. The average molecular weight is 689 g/mol. The Kier molecular flexibility index (Phi) is 17.0. The van der Waals surface area contributed by atoms with Crippen molar-refractivity contribution in [2.45, 2.75) is 0 Å². The SMILES string of the molecule is O=C(O)CN(CCN(CC(=O)O)CC(=O)N1CCOCC1)CCN(CC(=O)O)CC(=O)N1CCOCC1.[Gd]. The molecule has 0 aliphatic carbocycles. The number of carboxylic acids is 3. The van der Waals surface area contributed by atoms with Crippen LogP contribution in [0, 0.1) is 39.9 Å². The van der Waals surface area contributed by atoms with Crippen molar-refractivity contribution in [1.82, 2.24) is 24.5 Å². The quantitative estimate of drug-likeness (QED) is 0.148. The van der Waals surface area contributed by atoms with E-state index >= 15 is 0 Å². The molecule has 0 bridgehead atoms. The van der Waals surface area contributed by atoms with E-state index in [1.54, 1.807) is 9.80 Å². The second kappa shape index (κ2) is 18.7. The fourth-order valence-corrected chi connectivity index (χ4v) is 4.05. The van der Waals surface area contributed by atoms with Gasteiger partial charge in [-0.2, -0.15) is 0 Å². The van der Waals surface area contributed by atoms with Crippen molar-refractivity contribution in [3.8, 4) is 0 Å². The molecule has 3 N–H and O–H groups in total. The number of morpholine rings is 2. The summed E-state index contributed by atoms with van der Waals surface area (Å²) in [6, 6.07) is 0. The van der Waals surface area contributed by atoms with Crippen LogP contribution in [0.4, 0.5) is 0 Å². The Morgan fingerprint density at radius 2 is 0.816 bits per heavy atom. The van der Waals surface area contributed by atoms with E-state index in [4.69, 9.17) is 9.47 Å². The molecule has 0 spiro atoms. The van der Waals surface area contributed by atoms with Gasteiger partial charge in [0, 0.05) is 92.3 Å². The Bertz CT molecular complexity index is 736. The molecule has 15 nitrogen and oxygen atoms in total. The van der Waals surface area contributed by atoms with Crippen LogP contribution in [0.15, 0.2) is 0 Å². The van der Waals surface area contributed by atoms with Gasteiger partial charge in [-0.1, -0.05) is 0 Å². The maximum absolute atomic E-state index is 12.6. The fourth-order valence-electron chi connectivity index (χ4n) is 4.05. The summed E-state index contributed by atoms with van der Waals surface area (Å²) in [5.74, 6) is -3.81. The van der Waals surface area contributed by atoms with Crippen LogP contribution in [-0.2, 0) is 33.4 Å². The minimum atomic E-state index is -1.12. The summed E-state index contributed by atoms with van der Waals surface area (Å²) in [4.78, 5) is 66.9. The molecule has 0 unspecified atom stereocenters. The Morgan fingerprint density at radius 1 is 0.526 bits per heavy atom. The average Bonchev–Trinajstić information content (AvgIpc) is 2.85. The number of hydrogen-bond donors (Lipinski definition) is 3. The molecule has 2 fully saturated rings. The third-order valence-electron chi connectivity index (χ3n) is 5.99. The fraction of sp³-hybridized carbons (Fsp3) is 0.773. The molecule has 0 aromatic carbocycles. The number of ether oxygens (including phenoxy) is 2. The molecule has 0 aromatic heterocycles. The van der Waals surface area contributed by atoms with Gasteiger partial charge in [0.1, 0.15) is 0 Å². The predicted molar refractivity (Wildman–Crippen MR) is 127 cm³/mol. The van der Waals surface area contributed by atoms with E-state index in [2.05, 4.69) is 0 Å². The molecule has 0 saturated carbocycles. The third-order valence-corrected chi connectivity index (χ3v) is 5.99. The molecule has 16 heteroatoms. The standard InChI is InChI=1S/C22H37N5O10.Gd/c28-18(26-5-9-36-10-6-26)13-24(16-21(32)33)3-1-23(15-20(30)31)2-4-25(17-22(34)35)14-19(29)27-7-11-37-12-8-27;/h1-17H2,(H,30,31)(H,32,33)(H,34,35);. The van der Waals surface area contributed by atoms with E-state index < -0.39 is 31.0 Å². The number of carbonyl (C=O) groups excluding carboxylic acids is 2. The Hall–Kier alpha value is -1.53. The molecule has 2 aliphatic rings. The third kappa shape index (κ3) is 14.0. The van der Waals surface area contributed by atoms with Gasteiger partial charge < -0.3 is 34.6 Å². The van der Waals surface area contributed by atoms with Gasteiger partial charge in [-0.05, 0) is 0 Å². The molecule has 2 amide bonds. The van der Waals surface area contributed by atoms with Crippen LogP contribution in [0.1, 0.15) is 0 Å². The normalized spacial score (nSPS) is 16.0. The first-order valence-corrected chi connectivity index (χ1v) is 12.2. The van der Waals surface area contributed by atoms with Gasteiger partial charge in [0.2, 0.25) is 11.8 Å². The molecule has 38 heavy (non-hydrogen) atoms. The topological polar surface area (TPSA) is 181 Å². The van der Waals surface area contributed by atoms with Gasteiger partial charge >= 0.3 is 17.9 Å². The van der Waals surface area contributed by atoms with Gasteiger partial charge in [0.15, 0.2) is 0 Å². The Labute approximate surface area is 253 Å². The van der Waals surface area contributed by atoms with Crippen LogP contribution in [0.25, 0.3) is 0 Å². The van der Waals surface area contributed by atoms with E-state index in [1.165, 1.54) is 14.7 Å². The minimum absolute atomic E-state index is 0. The molecule has 2 heterocycles. The number of hydrogen-bond acceptors (Lipinski definition) is 10. The van der Waals surface area contributed by atoms with Crippen LogP contribution in [-0.4, -0.2) is 181 Å². The first-order chi connectivity index (χ1) is 17.6. The second-order valence-electron chi connectivity index (χ2n) is 8.86. The van der Waals surface area contributed by atoms with Crippen LogP contribution in [0.3, 0.4) is 0 Å². The van der Waals surface area contributed by atoms with E-state index in [1.807, 2.05) is 0 Å². The largest absolute Gasteiger partial charge is 0.480 e. The first-order valence-electron chi connectivity index (χ1n) is 12.2. The molecule has 0 radical (unpaired) electrons. The zero-order valence-electron chi connectivity index (χ0n) is 21.3.